The molecule has 20 heteroatoms. The number of aromatic nitrogens is 2. The highest BCUT2D eigenvalue weighted by Crippen LogP contribution is 2.50. The minimum atomic E-state index is -3.97. The minimum absolute atomic E-state index is 0.0294. The number of carbonyl (C=O) groups excluding carboxylic acids is 2. The summed E-state index contributed by atoms with van der Waals surface area (Å²) in [6.45, 7) is 14.0. The van der Waals surface area contributed by atoms with Crippen LogP contribution in [0, 0.1) is 35.5 Å². The van der Waals surface area contributed by atoms with E-state index < -0.39 is 53.6 Å². The third-order valence-electron chi connectivity index (χ3n) is 20.4. The Balaban J connectivity index is 0.000000175. The van der Waals surface area contributed by atoms with Gasteiger partial charge in [0.15, 0.2) is 23.1 Å². The summed E-state index contributed by atoms with van der Waals surface area (Å²) < 4.78 is 70.1. The number of fused-ring (bicyclic) bond motifs is 8. The number of amides is 2. The molecule has 4 aromatic rings. The number of hydrogen-bond acceptors (Lipinski definition) is 14. The van der Waals surface area contributed by atoms with Gasteiger partial charge in [0, 0.05) is 47.1 Å². The van der Waals surface area contributed by atoms with Gasteiger partial charge < -0.3 is 29.5 Å². The fourth-order valence-corrected chi connectivity index (χ4v) is 17.7. The number of rotatable bonds is 0. The zero-order chi connectivity index (χ0) is 59.7. The van der Waals surface area contributed by atoms with Crippen LogP contribution in [0.2, 0.25) is 10.0 Å². The second kappa shape index (κ2) is 23.1. The van der Waals surface area contributed by atoms with E-state index in [-0.39, 0.29) is 57.7 Å². The number of carbonyl (C=O) groups is 2. The molecule has 2 spiro atoms. The molecule has 2 amide bonds. The number of pyridine rings is 2. The number of halogens is 2. The first-order valence-corrected chi connectivity index (χ1v) is 33.9. The fraction of sp³-hybridized carbons (Fsp3) is 0.562. The molecule has 16 nitrogen and oxygen atoms in total. The van der Waals surface area contributed by atoms with E-state index in [0.29, 0.717) is 75.4 Å². The summed E-state index contributed by atoms with van der Waals surface area (Å²) in [5.41, 5.74) is 2.31. The lowest BCUT2D eigenvalue weighted by atomic mass is 9.64. The van der Waals surface area contributed by atoms with Crippen molar-refractivity contribution in [2.75, 3.05) is 49.2 Å². The van der Waals surface area contributed by atoms with Gasteiger partial charge in [-0.1, -0.05) is 73.5 Å². The number of allylic oxidation sites excluding steroid dienone is 2. The van der Waals surface area contributed by atoms with Crippen LogP contribution in [0.4, 0.5) is 11.6 Å². The van der Waals surface area contributed by atoms with Crippen LogP contribution in [0.1, 0.15) is 149 Å². The Morgan fingerprint density at radius 2 is 1.00 bits per heavy atom. The third-order valence-corrected chi connectivity index (χ3v) is 24.7. The first kappa shape index (κ1) is 60.4. The van der Waals surface area contributed by atoms with E-state index in [9.17, 15) is 36.6 Å². The number of aliphatic hydroxyl groups is 2. The Labute approximate surface area is 505 Å². The Morgan fingerprint density at radius 3 is 1.38 bits per heavy atom. The summed E-state index contributed by atoms with van der Waals surface area (Å²) in [4.78, 5) is 40.5. The van der Waals surface area contributed by atoms with Crippen LogP contribution in [0.25, 0.3) is 0 Å². The number of benzene rings is 2. The summed E-state index contributed by atoms with van der Waals surface area (Å²) in [7, 11) is -7.93. The number of nitrogens with zero attached hydrogens (tertiary/aromatic N) is 4. The van der Waals surface area contributed by atoms with Crippen molar-refractivity contribution < 1.29 is 46.1 Å². The number of anilines is 2. The van der Waals surface area contributed by atoms with Gasteiger partial charge in [-0.15, -0.1) is 0 Å². The molecular weight excluding hydrogens is 1150 g/mol. The minimum Gasteiger partial charge on any atom is -0.489 e. The summed E-state index contributed by atoms with van der Waals surface area (Å²) in [6.07, 6.45) is 17.9. The van der Waals surface area contributed by atoms with Gasteiger partial charge in [0.2, 0.25) is 20.0 Å². The number of nitrogens with one attached hydrogen (secondary N) is 2. The smallest absolute Gasteiger partial charge is 0.283 e. The molecule has 0 unspecified atom stereocenters. The molecule has 12 atom stereocenters. The SMILES string of the molecule is C[C@@H]1[C@@H](C)C/C=C/[C@@](C)(O)[C@@H]2CC[C@H]2CN2C[C@@]3(CCCc4cc(Cl)ccc43)COc3ccc(nc32)C(=O)NS1(=O)=O.C[C@@H]1[C@@H](C)C/C=C/[C@](C)(O)[C@@H]2CC[C@H]2CN2C[C@@]3(CCCc4cc(Cl)ccc43)COc3ccc(nc32)C(=O)NS1(=O)=O. The first-order chi connectivity index (χ1) is 39.8. The van der Waals surface area contributed by atoms with E-state index in [1.807, 2.05) is 64.1 Å². The Morgan fingerprint density at radius 1 is 0.595 bits per heavy atom. The van der Waals surface area contributed by atoms with E-state index in [4.69, 9.17) is 42.6 Å². The van der Waals surface area contributed by atoms with Crippen molar-refractivity contribution in [2.45, 2.75) is 151 Å². The summed E-state index contributed by atoms with van der Waals surface area (Å²) in [6, 6.07) is 18.8. The van der Waals surface area contributed by atoms with Crippen LogP contribution in [0.5, 0.6) is 11.5 Å². The van der Waals surface area contributed by atoms with Gasteiger partial charge in [-0.05, 0) is 211 Å². The normalized spacial score (nSPS) is 35.1. The quantitative estimate of drug-likeness (QED) is 0.121. The summed E-state index contributed by atoms with van der Waals surface area (Å²) in [5, 5.41) is 22.9. The Bertz CT molecular complexity index is 3280. The molecule has 12 rings (SSSR count). The molecule has 2 aromatic carbocycles. The van der Waals surface area contributed by atoms with Crippen LogP contribution in [-0.2, 0) is 43.7 Å². The van der Waals surface area contributed by atoms with E-state index in [2.05, 4.69) is 43.5 Å². The van der Waals surface area contributed by atoms with Crippen molar-refractivity contribution >= 4 is 66.7 Å². The number of ether oxygens (including phenoxy) is 2. The van der Waals surface area contributed by atoms with E-state index >= 15 is 0 Å². The molecule has 452 valence electrons. The molecule has 4 N–H and O–H groups in total. The van der Waals surface area contributed by atoms with E-state index in [1.54, 1.807) is 26.0 Å². The van der Waals surface area contributed by atoms with Gasteiger partial charge in [0.05, 0.1) is 34.9 Å². The van der Waals surface area contributed by atoms with Gasteiger partial charge in [-0.25, -0.2) is 36.2 Å². The monoisotopic (exact) mass is 1230 g/mol. The van der Waals surface area contributed by atoms with Crippen LogP contribution < -0.4 is 28.7 Å². The van der Waals surface area contributed by atoms with Crippen LogP contribution in [-0.4, -0.2) is 110 Å². The molecular formula is C64H80Cl2N6O10S2. The maximum absolute atomic E-state index is 13.3. The first-order valence-electron chi connectivity index (χ1n) is 30.0. The largest absolute Gasteiger partial charge is 0.489 e. The lowest BCUT2D eigenvalue weighted by Gasteiger charge is -2.48. The zero-order valence-corrected chi connectivity index (χ0v) is 52.1. The second-order valence-electron chi connectivity index (χ2n) is 26.2. The molecule has 0 radical (unpaired) electrons. The summed E-state index contributed by atoms with van der Waals surface area (Å²) >= 11 is 12.8. The molecule has 8 aliphatic rings. The second-order valence-corrected chi connectivity index (χ2v) is 31.1. The molecule has 4 aliphatic heterocycles. The highest BCUT2D eigenvalue weighted by atomic mass is 35.5. The van der Waals surface area contributed by atoms with Crippen molar-refractivity contribution in [3.8, 4) is 11.5 Å². The highest BCUT2D eigenvalue weighted by molar-refractivity contribution is 7.91. The predicted molar refractivity (Wildman–Crippen MR) is 327 cm³/mol. The molecule has 4 aliphatic carbocycles. The molecule has 2 fully saturated rings. The van der Waals surface area contributed by atoms with Gasteiger partial charge in [-0.2, -0.15) is 0 Å². The average molecular weight is 1230 g/mol. The zero-order valence-electron chi connectivity index (χ0n) is 49.0. The molecule has 2 aromatic heterocycles. The highest BCUT2D eigenvalue weighted by Gasteiger charge is 2.49. The van der Waals surface area contributed by atoms with Crippen LogP contribution >= 0.6 is 23.2 Å². The molecule has 6 heterocycles. The Kier molecular flexibility index (Phi) is 16.6. The van der Waals surface area contributed by atoms with Gasteiger partial charge >= 0.3 is 0 Å². The molecule has 2 saturated carbocycles. The predicted octanol–water partition coefficient (Wildman–Crippen LogP) is 10.1. The van der Waals surface area contributed by atoms with Crippen molar-refractivity contribution in [3.63, 3.8) is 0 Å². The van der Waals surface area contributed by atoms with Crippen molar-refractivity contribution in [1.29, 1.82) is 0 Å². The van der Waals surface area contributed by atoms with E-state index in [0.717, 1.165) is 74.3 Å². The standard InChI is InChI=1S/2C32H40ClN3O5S/c2*1-20-6-4-14-31(3,38)25-10-8-23(25)17-36-18-32(15-5-7-22-16-24(33)9-11-26(22)32)19-41-28-13-12-27(34-29(28)36)30(37)35-42(39,40)21(20)2/h2*4,9,11-14,16,20-21,23,25,38H,5-8,10,15,17-19H2,1-3H3,(H,35,37)/b2*14-4+/t20-,21+,23-,25+,31+,32-;20-,21+,23-,25+,31-,32-/m00/s1. The van der Waals surface area contributed by atoms with Crippen LogP contribution in [0.15, 0.2) is 85.0 Å². The lowest BCUT2D eigenvalue weighted by molar-refractivity contribution is -0.0318. The van der Waals surface area contributed by atoms with Gasteiger partial charge in [0.1, 0.15) is 11.4 Å². The summed E-state index contributed by atoms with van der Waals surface area (Å²) in [5.74, 6) is 0.698. The molecule has 84 heavy (non-hydrogen) atoms. The number of hydrogen-bond donors (Lipinski definition) is 4. The van der Waals surface area contributed by atoms with Gasteiger partial charge in [0.25, 0.3) is 11.8 Å². The van der Waals surface area contributed by atoms with Crippen molar-refractivity contribution in [2.24, 2.45) is 35.5 Å². The van der Waals surface area contributed by atoms with Crippen molar-refractivity contribution in [3.05, 3.63) is 129 Å². The van der Waals surface area contributed by atoms with Crippen molar-refractivity contribution in [1.82, 2.24) is 19.4 Å². The van der Waals surface area contributed by atoms with E-state index in [1.165, 1.54) is 34.4 Å². The maximum atomic E-state index is 13.3. The fourth-order valence-electron chi connectivity index (χ4n) is 14.7. The van der Waals surface area contributed by atoms with Crippen LogP contribution in [0.3, 0.4) is 0 Å². The molecule has 4 bridgehead atoms. The molecule has 0 saturated heterocycles. The maximum Gasteiger partial charge on any atom is 0.283 e. The number of sulfonamides is 2. The number of aryl methyl sites for hydroxylation is 2. The lowest BCUT2D eigenvalue weighted by Crippen LogP contribution is -2.51. The average Bonchev–Trinajstić information content (AvgIpc) is 1.84. The third kappa shape index (κ3) is 11.9. The Hall–Kier alpha value is -5.24. The topological polar surface area (TPSA) is 218 Å². The van der Waals surface area contributed by atoms with Gasteiger partial charge in [-0.3, -0.25) is 9.59 Å².